The molecular weight excluding hydrogens is 190 g/mol. The molecular formula is C12H27NO2. The van der Waals surface area contributed by atoms with Gasteiger partial charge in [0.25, 0.3) is 0 Å². The van der Waals surface area contributed by atoms with E-state index in [0.29, 0.717) is 0 Å². The first-order valence-electron chi connectivity index (χ1n) is 5.72. The van der Waals surface area contributed by atoms with Crippen LogP contribution in [-0.4, -0.2) is 31.5 Å². The van der Waals surface area contributed by atoms with E-state index in [9.17, 15) is 0 Å². The van der Waals surface area contributed by atoms with Crippen molar-refractivity contribution in [3.63, 3.8) is 0 Å². The van der Waals surface area contributed by atoms with Crippen LogP contribution in [0.2, 0.25) is 0 Å². The lowest BCUT2D eigenvalue weighted by Gasteiger charge is -2.28. The van der Waals surface area contributed by atoms with Crippen LogP contribution in [0.5, 0.6) is 0 Å². The van der Waals surface area contributed by atoms with Crippen LogP contribution in [0.15, 0.2) is 0 Å². The highest BCUT2D eigenvalue weighted by Gasteiger charge is 2.21. The summed E-state index contributed by atoms with van der Waals surface area (Å²) >= 11 is 0. The van der Waals surface area contributed by atoms with Crippen LogP contribution in [-0.2, 0) is 9.47 Å². The van der Waals surface area contributed by atoms with Gasteiger partial charge in [0.1, 0.15) is 0 Å². The molecule has 0 fully saturated rings. The molecule has 0 spiro atoms. The van der Waals surface area contributed by atoms with Crippen molar-refractivity contribution in [1.29, 1.82) is 0 Å². The molecule has 0 aliphatic rings. The number of methoxy groups -OCH3 is 1. The van der Waals surface area contributed by atoms with Crippen LogP contribution in [0.1, 0.15) is 47.0 Å². The molecule has 3 heteroatoms. The maximum atomic E-state index is 5.83. The Bertz CT molecular complexity index is 167. The minimum Gasteiger partial charge on any atom is -0.379 e. The van der Waals surface area contributed by atoms with Gasteiger partial charge < -0.3 is 15.2 Å². The Morgan fingerprint density at radius 2 is 1.60 bits per heavy atom. The van der Waals surface area contributed by atoms with Crippen molar-refractivity contribution >= 4 is 0 Å². The molecule has 0 aromatic heterocycles. The van der Waals surface area contributed by atoms with Crippen LogP contribution >= 0.6 is 0 Å². The Balaban J connectivity index is 3.74. The highest BCUT2D eigenvalue weighted by molar-refractivity contribution is 4.71. The Hall–Kier alpha value is -0.120. The summed E-state index contributed by atoms with van der Waals surface area (Å²) in [4.78, 5) is 0. The topological polar surface area (TPSA) is 44.5 Å². The summed E-state index contributed by atoms with van der Waals surface area (Å²) in [5.74, 6) is 0. The van der Waals surface area contributed by atoms with Crippen molar-refractivity contribution in [3.8, 4) is 0 Å². The molecule has 3 nitrogen and oxygen atoms in total. The van der Waals surface area contributed by atoms with Crippen LogP contribution in [0, 0.1) is 0 Å². The van der Waals surface area contributed by atoms with E-state index in [1.807, 2.05) is 0 Å². The summed E-state index contributed by atoms with van der Waals surface area (Å²) in [6.07, 6.45) is 2.94. The van der Waals surface area contributed by atoms with E-state index < -0.39 is 0 Å². The van der Waals surface area contributed by atoms with Gasteiger partial charge in [0.05, 0.1) is 17.8 Å². The Kier molecular flexibility index (Phi) is 6.41. The first-order chi connectivity index (χ1) is 6.83. The van der Waals surface area contributed by atoms with Crippen molar-refractivity contribution in [2.24, 2.45) is 5.73 Å². The molecule has 0 amide bonds. The summed E-state index contributed by atoms with van der Waals surface area (Å²) in [5, 5.41) is 0. The van der Waals surface area contributed by atoms with Crippen molar-refractivity contribution < 1.29 is 9.47 Å². The van der Waals surface area contributed by atoms with Crippen molar-refractivity contribution in [1.82, 2.24) is 0 Å². The molecule has 0 radical (unpaired) electrons. The van der Waals surface area contributed by atoms with E-state index in [-0.39, 0.29) is 11.2 Å². The minimum absolute atomic E-state index is 0.0663. The van der Waals surface area contributed by atoms with E-state index in [4.69, 9.17) is 15.2 Å². The third-order valence-electron chi connectivity index (χ3n) is 2.73. The number of rotatable bonds is 8. The summed E-state index contributed by atoms with van der Waals surface area (Å²) in [5.41, 5.74) is 5.32. The highest BCUT2D eigenvalue weighted by Crippen LogP contribution is 2.19. The normalized spacial score (nSPS) is 13.2. The lowest BCUT2D eigenvalue weighted by Crippen LogP contribution is -2.30. The number of ether oxygens (including phenoxy) is 2. The lowest BCUT2D eigenvalue weighted by atomic mass is 10.0. The zero-order chi connectivity index (χ0) is 11.9. The third-order valence-corrected chi connectivity index (χ3v) is 2.73. The summed E-state index contributed by atoms with van der Waals surface area (Å²) in [7, 11) is 1.74. The van der Waals surface area contributed by atoms with Gasteiger partial charge in [0.2, 0.25) is 0 Å². The van der Waals surface area contributed by atoms with Crippen LogP contribution in [0.3, 0.4) is 0 Å². The Morgan fingerprint density at radius 1 is 1.00 bits per heavy atom. The number of nitrogens with two attached hydrogens (primary N) is 1. The molecule has 2 N–H and O–H groups in total. The van der Waals surface area contributed by atoms with Gasteiger partial charge in [-0.2, -0.15) is 0 Å². The third kappa shape index (κ3) is 7.77. The minimum atomic E-state index is -0.0933. The van der Waals surface area contributed by atoms with Crippen molar-refractivity contribution in [2.75, 3.05) is 20.3 Å². The van der Waals surface area contributed by atoms with E-state index in [1.54, 1.807) is 7.11 Å². The standard InChI is InChI=1S/C12H27NO2/c1-11(2,14-5)8-10-15-12(3,4)7-6-9-13/h6-10,13H2,1-5H3. The fourth-order valence-electron chi connectivity index (χ4n) is 1.28. The van der Waals surface area contributed by atoms with Gasteiger partial charge in [-0.05, 0) is 53.5 Å². The van der Waals surface area contributed by atoms with Gasteiger partial charge in [-0.1, -0.05) is 0 Å². The van der Waals surface area contributed by atoms with E-state index in [0.717, 1.165) is 32.4 Å². The molecule has 15 heavy (non-hydrogen) atoms. The van der Waals surface area contributed by atoms with Gasteiger partial charge >= 0.3 is 0 Å². The van der Waals surface area contributed by atoms with Gasteiger partial charge in [0, 0.05) is 7.11 Å². The van der Waals surface area contributed by atoms with Crippen LogP contribution in [0.25, 0.3) is 0 Å². The number of hydrogen-bond donors (Lipinski definition) is 1. The SMILES string of the molecule is COC(C)(C)CCOC(C)(C)CCCN. The molecule has 0 aliphatic carbocycles. The molecule has 0 rings (SSSR count). The zero-order valence-electron chi connectivity index (χ0n) is 10.9. The quantitative estimate of drug-likeness (QED) is 0.678. The maximum Gasteiger partial charge on any atom is 0.0644 e. The predicted molar refractivity (Wildman–Crippen MR) is 64.0 cm³/mol. The molecule has 0 bridgehead atoms. The average Bonchev–Trinajstić information content (AvgIpc) is 2.14. The molecule has 0 aromatic carbocycles. The Labute approximate surface area is 94.3 Å². The second kappa shape index (κ2) is 6.46. The monoisotopic (exact) mass is 217 g/mol. The van der Waals surface area contributed by atoms with Gasteiger partial charge in [-0.25, -0.2) is 0 Å². The largest absolute Gasteiger partial charge is 0.379 e. The van der Waals surface area contributed by atoms with E-state index in [2.05, 4.69) is 27.7 Å². The molecule has 0 aliphatic heterocycles. The second-order valence-corrected chi connectivity index (χ2v) is 5.21. The van der Waals surface area contributed by atoms with Gasteiger partial charge in [0.15, 0.2) is 0 Å². The van der Waals surface area contributed by atoms with E-state index >= 15 is 0 Å². The van der Waals surface area contributed by atoms with Gasteiger partial charge in [-0.3, -0.25) is 0 Å². The predicted octanol–water partition coefficient (Wildman–Crippen LogP) is 2.34. The second-order valence-electron chi connectivity index (χ2n) is 5.21. The van der Waals surface area contributed by atoms with Gasteiger partial charge in [-0.15, -0.1) is 0 Å². The first kappa shape index (κ1) is 14.9. The zero-order valence-corrected chi connectivity index (χ0v) is 10.9. The molecule has 0 atom stereocenters. The average molecular weight is 217 g/mol. The van der Waals surface area contributed by atoms with Crippen molar-refractivity contribution in [2.45, 2.75) is 58.2 Å². The molecule has 0 unspecified atom stereocenters. The number of hydrogen-bond acceptors (Lipinski definition) is 3. The summed E-state index contributed by atoms with van der Waals surface area (Å²) < 4.78 is 11.2. The molecule has 0 saturated carbocycles. The molecule has 0 aromatic rings. The lowest BCUT2D eigenvalue weighted by molar-refractivity contribution is -0.0615. The molecule has 0 heterocycles. The van der Waals surface area contributed by atoms with Crippen molar-refractivity contribution in [3.05, 3.63) is 0 Å². The highest BCUT2D eigenvalue weighted by atomic mass is 16.5. The molecule has 92 valence electrons. The fourth-order valence-corrected chi connectivity index (χ4v) is 1.28. The van der Waals surface area contributed by atoms with Crippen LogP contribution < -0.4 is 5.73 Å². The van der Waals surface area contributed by atoms with Crippen LogP contribution in [0.4, 0.5) is 0 Å². The first-order valence-corrected chi connectivity index (χ1v) is 5.72. The van der Waals surface area contributed by atoms with E-state index in [1.165, 1.54) is 0 Å². The molecule has 0 saturated heterocycles. The maximum absolute atomic E-state index is 5.83. The Morgan fingerprint density at radius 3 is 2.07 bits per heavy atom. The smallest absolute Gasteiger partial charge is 0.0644 e. The summed E-state index contributed by atoms with van der Waals surface area (Å²) in [6, 6.07) is 0. The summed E-state index contributed by atoms with van der Waals surface area (Å²) in [6.45, 7) is 9.84. The fraction of sp³-hybridized carbons (Fsp3) is 1.00.